The summed E-state index contributed by atoms with van der Waals surface area (Å²) in [7, 11) is 1.59. The van der Waals surface area contributed by atoms with Crippen LogP contribution in [0.3, 0.4) is 0 Å². The van der Waals surface area contributed by atoms with E-state index in [1.807, 2.05) is 60.0 Å². The molecule has 0 saturated carbocycles. The van der Waals surface area contributed by atoms with Crippen molar-refractivity contribution in [3.05, 3.63) is 95.3 Å². The van der Waals surface area contributed by atoms with Gasteiger partial charge < -0.3 is 9.47 Å². The zero-order valence-electron chi connectivity index (χ0n) is 18.9. The Balaban J connectivity index is 1.87. The molecule has 0 bridgehead atoms. The molecule has 1 atom stereocenters. The molecular formula is C26H22N2O4S2. The summed E-state index contributed by atoms with van der Waals surface area (Å²) in [5, 5.41) is 3.85. The number of carbonyl (C=O) groups excluding carboxylic acids is 1. The summed E-state index contributed by atoms with van der Waals surface area (Å²) in [5.74, 6) is 0.101. The molecule has 4 aromatic rings. The lowest BCUT2D eigenvalue weighted by Crippen LogP contribution is -2.40. The number of hydrogen-bond acceptors (Lipinski definition) is 7. The molecule has 0 N–H and O–H groups in total. The second-order valence-corrected chi connectivity index (χ2v) is 9.71. The monoisotopic (exact) mass is 490 g/mol. The van der Waals surface area contributed by atoms with Gasteiger partial charge in [-0.2, -0.15) is 0 Å². The lowest BCUT2D eigenvalue weighted by molar-refractivity contribution is -0.139. The first-order valence-corrected chi connectivity index (χ1v) is 12.5. The number of methoxy groups -OCH3 is 1. The molecule has 172 valence electrons. The van der Waals surface area contributed by atoms with E-state index in [0.717, 1.165) is 21.2 Å². The van der Waals surface area contributed by atoms with Gasteiger partial charge >= 0.3 is 5.97 Å². The standard InChI is InChI=1S/C26H22N2O4S2/c1-4-32-25(30)21-15(2)27-26-28(24(29)20(34-26)14-17-9-7-13-33-17)23(21)22-18-10-6-5-8-16(18)11-12-19(22)31-3/h5-14,23H,4H2,1-3H3/b20-14+/t23-/m1/s1. The van der Waals surface area contributed by atoms with Crippen LogP contribution in [0.15, 0.2) is 75.0 Å². The second kappa shape index (κ2) is 9.04. The Hall–Kier alpha value is -3.49. The minimum absolute atomic E-state index is 0.202. The third-order valence-corrected chi connectivity index (χ3v) is 7.56. The van der Waals surface area contributed by atoms with Gasteiger partial charge in [0.25, 0.3) is 5.56 Å². The van der Waals surface area contributed by atoms with Crippen molar-refractivity contribution in [1.29, 1.82) is 0 Å². The van der Waals surface area contributed by atoms with Crippen molar-refractivity contribution < 1.29 is 14.3 Å². The summed E-state index contributed by atoms with van der Waals surface area (Å²) >= 11 is 2.87. The Morgan fingerprint density at radius 1 is 1.18 bits per heavy atom. The van der Waals surface area contributed by atoms with Gasteiger partial charge in [0.15, 0.2) is 4.80 Å². The van der Waals surface area contributed by atoms with Crippen LogP contribution in [0, 0.1) is 0 Å². The van der Waals surface area contributed by atoms with Crippen molar-refractivity contribution in [3.8, 4) is 5.75 Å². The molecular weight excluding hydrogens is 468 g/mol. The van der Waals surface area contributed by atoms with Crippen molar-refractivity contribution in [1.82, 2.24) is 4.57 Å². The lowest BCUT2D eigenvalue weighted by Gasteiger charge is -2.27. The van der Waals surface area contributed by atoms with Crippen LogP contribution in [0.1, 0.15) is 30.3 Å². The molecule has 0 amide bonds. The summed E-state index contributed by atoms with van der Waals surface area (Å²) < 4.78 is 13.3. The number of thiazole rings is 1. The zero-order chi connectivity index (χ0) is 23.8. The average molecular weight is 491 g/mol. The van der Waals surface area contributed by atoms with Crippen molar-refractivity contribution in [2.75, 3.05) is 13.7 Å². The highest BCUT2D eigenvalue weighted by Gasteiger charge is 2.36. The molecule has 2 aromatic heterocycles. The molecule has 34 heavy (non-hydrogen) atoms. The first-order valence-electron chi connectivity index (χ1n) is 10.8. The molecule has 1 aliphatic heterocycles. The van der Waals surface area contributed by atoms with Crippen molar-refractivity contribution in [2.24, 2.45) is 4.99 Å². The number of benzene rings is 2. The average Bonchev–Trinajstić information content (AvgIpc) is 3.45. The van der Waals surface area contributed by atoms with Crippen LogP contribution in [-0.4, -0.2) is 24.3 Å². The number of ether oxygens (including phenoxy) is 2. The third-order valence-electron chi connectivity index (χ3n) is 5.76. The molecule has 6 nitrogen and oxygen atoms in total. The van der Waals surface area contributed by atoms with E-state index in [2.05, 4.69) is 4.99 Å². The summed E-state index contributed by atoms with van der Waals surface area (Å²) in [4.78, 5) is 33.1. The Morgan fingerprint density at radius 2 is 2.00 bits per heavy atom. The summed E-state index contributed by atoms with van der Waals surface area (Å²) in [6.07, 6.45) is 1.87. The van der Waals surface area contributed by atoms with E-state index >= 15 is 0 Å². The minimum Gasteiger partial charge on any atom is -0.496 e. The number of fused-ring (bicyclic) bond motifs is 2. The first-order chi connectivity index (χ1) is 16.5. The fraction of sp³-hybridized carbons (Fsp3) is 0.192. The van der Waals surface area contributed by atoms with Crippen LogP contribution in [0.2, 0.25) is 0 Å². The van der Waals surface area contributed by atoms with Gasteiger partial charge in [0, 0.05) is 10.4 Å². The number of allylic oxidation sites excluding steroid dienone is 1. The number of thiophene rings is 1. The predicted molar refractivity (Wildman–Crippen MR) is 135 cm³/mol. The fourth-order valence-corrected chi connectivity index (χ4v) is 6.07. The molecule has 8 heteroatoms. The maximum Gasteiger partial charge on any atom is 0.338 e. The van der Waals surface area contributed by atoms with E-state index in [1.165, 1.54) is 11.3 Å². The molecule has 0 radical (unpaired) electrons. The first kappa shape index (κ1) is 22.3. The molecule has 5 rings (SSSR count). The highest BCUT2D eigenvalue weighted by molar-refractivity contribution is 7.11. The Kier molecular flexibility index (Phi) is 5.93. The normalized spacial score (nSPS) is 15.9. The molecule has 0 spiro atoms. The van der Waals surface area contributed by atoms with Gasteiger partial charge in [-0.3, -0.25) is 9.36 Å². The van der Waals surface area contributed by atoms with E-state index in [-0.39, 0.29) is 12.2 Å². The number of rotatable bonds is 5. The topological polar surface area (TPSA) is 69.9 Å². The van der Waals surface area contributed by atoms with Crippen LogP contribution in [0.5, 0.6) is 5.75 Å². The Labute approximate surface area is 203 Å². The Morgan fingerprint density at radius 3 is 2.74 bits per heavy atom. The van der Waals surface area contributed by atoms with E-state index in [0.29, 0.717) is 26.4 Å². The maximum atomic E-state index is 13.8. The molecule has 2 aromatic carbocycles. The number of hydrogen-bond donors (Lipinski definition) is 0. The fourth-order valence-electron chi connectivity index (χ4n) is 4.30. The van der Waals surface area contributed by atoms with Gasteiger partial charge in [0.2, 0.25) is 0 Å². The van der Waals surface area contributed by atoms with Crippen LogP contribution >= 0.6 is 22.7 Å². The van der Waals surface area contributed by atoms with Crippen molar-refractivity contribution in [3.63, 3.8) is 0 Å². The quantitative estimate of drug-likeness (QED) is 0.396. The maximum absolute atomic E-state index is 13.8. The number of carbonyl (C=O) groups is 1. The smallest absolute Gasteiger partial charge is 0.338 e. The SMILES string of the molecule is CCOC(=O)C1=C(C)N=c2s/c(=C/c3cccs3)c(=O)n2[C@H]1c1c(OC)ccc2ccccc12. The molecule has 1 aliphatic rings. The van der Waals surface area contributed by atoms with Crippen LogP contribution in [0.25, 0.3) is 16.8 Å². The van der Waals surface area contributed by atoms with Gasteiger partial charge in [-0.15, -0.1) is 11.3 Å². The van der Waals surface area contributed by atoms with Gasteiger partial charge in [-0.1, -0.05) is 47.7 Å². The second-order valence-electron chi connectivity index (χ2n) is 7.72. The zero-order valence-corrected chi connectivity index (χ0v) is 20.5. The van der Waals surface area contributed by atoms with E-state index in [9.17, 15) is 9.59 Å². The van der Waals surface area contributed by atoms with Crippen LogP contribution < -0.4 is 19.6 Å². The molecule has 0 fully saturated rings. The predicted octanol–water partition coefficient (Wildman–Crippen LogP) is 4.02. The number of aromatic nitrogens is 1. The molecule has 0 aliphatic carbocycles. The summed E-state index contributed by atoms with van der Waals surface area (Å²) in [6, 6.07) is 14.9. The highest BCUT2D eigenvalue weighted by atomic mass is 32.1. The van der Waals surface area contributed by atoms with Gasteiger partial charge in [-0.25, -0.2) is 9.79 Å². The number of esters is 1. The minimum atomic E-state index is -0.734. The van der Waals surface area contributed by atoms with Crippen LogP contribution in [0.4, 0.5) is 0 Å². The van der Waals surface area contributed by atoms with Crippen molar-refractivity contribution in [2.45, 2.75) is 19.9 Å². The Bertz CT molecular complexity index is 1610. The van der Waals surface area contributed by atoms with Crippen molar-refractivity contribution >= 4 is 45.5 Å². The molecule has 0 saturated heterocycles. The number of nitrogens with zero attached hydrogens (tertiary/aromatic N) is 2. The van der Waals surface area contributed by atoms with Crippen LogP contribution in [-0.2, 0) is 9.53 Å². The van der Waals surface area contributed by atoms with E-state index in [1.54, 1.807) is 36.9 Å². The van der Waals surface area contributed by atoms with E-state index in [4.69, 9.17) is 9.47 Å². The van der Waals surface area contributed by atoms with Gasteiger partial charge in [0.1, 0.15) is 11.8 Å². The summed E-state index contributed by atoms with van der Waals surface area (Å²) in [6.45, 7) is 3.77. The van der Waals surface area contributed by atoms with E-state index < -0.39 is 12.0 Å². The molecule has 0 unspecified atom stereocenters. The largest absolute Gasteiger partial charge is 0.496 e. The van der Waals surface area contributed by atoms with Gasteiger partial charge in [0.05, 0.1) is 29.5 Å². The van der Waals surface area contributed by atoms with Gasteiger partial charge in [-0.05, 0) is 48.2 Å². The summed E-state index contributed by atoms with van der Waals surface area (Å²) in [5.41, 5.74) is 1.40. The lowest BCUT2D eigenvalue weighted by atomic mass is 9.90. The molecule has 3 heterocycles. The third kappa shape index (κ3) is 3.69. The highest BCUT2D eigenvalue weighted by Crippen LogP contribution is 2.40.